The monoisotopic (exact) mass is 589 g/mol. The number of hydrogen-bond acceptors (Lipinski definition) is 2. The number of nitrogens with zero attached hydrogens (tertiary/aromatic N) is 1. The lowest BCUT2D eigenvalue weighted by atomic mass is 9.74. The molecule has 0 saturated heterocycles. The lowest BCUT2D eigenvalue weighted by molar-refractivity contribution is 0.668. The molecule has 0 fully saturated rings. The van der Waals surface area contributed by atoms with Gasteiger partial charge < -0.3 is 9.32 Å². The molecule has 0 N–H and O–H groups in total. The summed E-state index contributed by atoms with van der Waals surface area (Å²) >= 11 is 0. The van der Waals surface area contributed by atoms with E-state index in [4.69, 9.17) is 4.42 Å². The third-order valence-corrected chi connectivity index (χ3v) is 9.76. The first kappa shape index (κ1) is 26.5. The van der Waals surface area contributed by atoms with Crippen LogP contribution >= 0.6 is 0 Å². The van der Waals surface area contributed by atoms with E-state index in [1.54, 1.807) is 0 Å². The predicted molar refractivity (Wildman–Crippen MR) is 191 cm³/mol. The van der Waals surface area contributed by atoms with Gasteiger partial charge in [0.1, 0.15) is 11.2 Å². The summed E-state index contributed by atoms with van der Waals surface area (Å²) in [6, 6.07) is 60.8. The molecule has 7 aromatic carbocycles. The molecular formula is C44H31NO. The summed E-state index contributed by atoms with van der Waals surface area (Å²) in [5.74, 6) is 0. The van der Waals surface area contributed by atoms with Gasteiger partial charge in [0, 0.05) is 38.8 Å². The second-order valence-corrected chi connectivity index (χ2v) is 12.3. The molecule has 0 spiro atoms. The first-order chi connectivity index (χ1) is 22.7. The number of furan rings is 1. The molecular weight excluding hydrogens is 558 g/mol. The second-order valence-electron chi connectivity index (χ2n) is 12.3. The van der Waals surface area contributed by atoms with E-state index in [-0.39, 0.29) is 5.41 Å². The minimum atomic E-state index is -0.248. The smallest absolute Gasteiger partial charge is 0.143 e. The van der Waals surface area contributed by atoms with Crippen molar-refractivity contribution in [2.24, 2.45) is 0 Å². The van der Waals surface area contributed by atoms with Crippen molar-refractivity contribution in [3.63, 3.8) is 0 Å². The average Bonchev–Trinajstić information content (AvgIpc) is 3.63. The Morgan fingerprint density at radius 3 is 1.63 bits per heavy atom. The molecule has 0 saturated carbocycles. The molecule has 0 unspecified atom stereocenters. The van der Waals surface area contributed by atoms with E-state index in [2.05, 4.69) is 182 Å². The Kier molecular flexibility index (Phi) is 5.97. The first-order valence-electron chi connectivity index (χ1n) is 15.9. The van der Waals surface area contributed by atoms with E-state index < -0.39 is 0 Å². The van der Waals surface area contributed by atoms with Crippen LogP contribution < -0.4 is 4.90 Å². The summed E-state index contributed by atoms with van der Waals surface area (Å²) in [6.07, 6.45) is 0. The maximum Gasteiger partial charge on any atom is 0.143 e. The van der Waals surface area contributed by atoms with Crippen LogP contribution in [0.15, 0.2) is 174 Å². The molecule has 0 amide bonds. The molecule has 1 aliphatic rings. The van der Waals surface area contributed by atoms with Crippen LogP contribution in [0.5, 0.6) is 0 Å². The van der Waals surface area contributed by atoms with E-state index >= 15 is 0 Å². The lowest BCUT2D eigenvalue weighted by Crippen LogP contribution is -2.22. The molecule has 0 atom stereocenters. The highest BCUT2D eigenvalue weighted by Gasteiger charge is 2.40. The summed E-state index contributed by atoms with van der Waals surface area (Å²) in [7, 11) is 0. The molecule has 0 radical (unpaired) electrons. The van der Waals surface area contributed by atoms with Crippen molar-refractivity contribution in [2.45, 2.75) is 12.3 Å². The van der Waals surface area contributed by atoms with Crippen LogP contribution in [-0.2, 0) is 5.41 Å². The van der Waals surface area contributed by atoms with E-state index in [1.165, 1.54) is 27.8 Å². The molecule has 9 rings (SSSR count). The van der Waals surface area contributed by atoms with E-state index in [0.717, 1.165) is 50.1 Å². The van der Waals surface area contributed by atoms with Gasteiger partial charge in [-0.1, -0.05) is 121 Å². The minimum absolute atomic E-state index is 0.248. The number of para-hydroxylation sites is 3. The van der Waals surface area contributed by atoms with Crippen LogP contribution in [0.1, 0.15) is 23.6 Å². The first-order valence-corrected chi connectivity index (χ1v) is 15.9. The number of anilines is 3. The molecule has 2 nitrogen and oxygen atoms in total. The van der Waals surface area contributed by atoms with Gasteiger partial charge in [0.25, 0.3) is 0 Å². The Balaban J connectivity index is 1.14. The van der Waals surface area contributed by atoms with Crippen LogP contribution in [0.25, 0.3) is 44.2 Å². The fourth-order valence-electron chi connectivity index (χ4n) is 7.49. The van der Waals surface area contributed by atoms with Crippen molar-refractivity contribution in [2.75, 3.05) is 4.90 Å². The maximum absolute atomic E-state index is 6.63. The normalized spacial score (nSPS) is 13.1. The Hall–Kier alpha value is -5.86. The molecule has 2 heteroatoms. The Labute approximate surface area is 268 Å². The molecule has 0 bridgehead atoms. The summed E-state index contributed by atoms with van der Waals surface area (Å²) < 4.78 is 6.63. The number of rotatable bonds is 5. The highest BCUT2D eigenvalue weighted by atomic mass is 16.3. The molecule has 46 heavy (non-hydrogen) atoms. The van der Waals surface area contributed by atoms with Gasteiger partial charge in [-0.15, -0.1) is 0 Å². The summed E-state index contributed by atoms with van der Waals surface area (Å²) in [4.78, 5) is 2.28. The maximum atomic E-state index is 6.63. The average molecular weight is 590 g/mol. The Morgan fingerprint density at radius 2 is 1.00 bits per heavy atom. The molecule has 0 aliphatic heterocycles. The SMILES string of the molecule is CC1(c2ccc3oc4c(-c5ccc(N(c6ccccc6)c6ccccc6)cc5)cccc4c3c2)c2ccccc2-c2ccccc21. The number of fused-ring (bicyclic) bond motifs is 6. The van der Waals surface area contributed by atoms with Crippen LogP contribution in [0.3, 0.4) is 0 Å². The van der Waals surface area contributed by atoms with Gasteiger partial charge >= 0.3 is 0 Å². The molecule has 8 aromatic rings. The van der Waals surface area contributed by atoms with Gasteiger partial charge in [0.15, 0.2) is 0 Å². The third-order valence-electron chi connectivity index (χ3n) is 9.76. The number of benzene rings is 7. The second kappa shape index (κ2) is 10.4. The summed E-state index contributed by atoms with van der Waals surface area (Å²) in [5.41, 5.74) is 13.8. The molecule has 1 aliphatic carbocycles. The third kappa shape index (κ3) is 3.97. The van der Waals surface area contributed by atoms with Crippen molar-refractivity contribution in [3.05, 3.63) is 187 Å². The largest absolute Gasteiger partial charge is 0.455 e. The summed E-state index contributed by atoms with van der Waals surface area (Å²) in [5, 5.41) is 2.28. The van der Waals surface area contributed by atoms with Crippen LogP contribution in [0.2, 0.25) is 0 Å². The van der Waals surface area contributed by atoms with E-state index in [1.807, 2.05) is 0 Å². The van der Waals surface area contributed by atoms with Crippen LogP contribution in [-0.4, -0.2) is 0 Å². The van der Waals surface area contributed by atoms with E-state index in [9.17, 15) is 0 Å². The summed E-state index contributed by atoms with van der Waals surface area (Å²) in [6.45, 7) is 2.36. The van der Waals surface area contributed by atoms with Crippen molar-refractivity contribution in [1.29, 1.82) is 0 Å². The quantitative estimate of drug-likeness (QED) is 0.199. The van der Waals surface area contributed by atoms with Crippen molar-refractivity contribution in [1.82, 2.24) is 0 Å². The highest BCUT2D eigenvalue weighted by molar-refractivity contribution is 6.10. The molecule has 218 valence electrons. The molecule has 1 heterocycles. The van der Waals surface area contributed by atoms with E-state index in [0.29, 0.717) is 0 Å². The van der Waals surface area contributed by atoms with Crippen LogP contribution in [0.4, 0.5) is 17.1 Å². The predicted octanol–water partition coefficient (Wildman–Crippen LogP) is 12.1. The van der Waals surface area contributed by atoms with Gasteiger partial charge in [-0.25, -0.2) is 0 Å². The van der Waals surface area contributed by atoms with Crippen molar-refractivity contribution >= 4 is 39.0 Å². The zero-order chi connectivity index (χ0) is 30.7. The van der Waals surface area contributed by atoms with Crippen molar-refractivity contribution in [3.8, 4) is 22.3 Å². The zero-order valence-electron chi connectivity index (χ0n) is 25.5. The van der Waals surface area contributed by atoms with Gasteiger partial charge in [-0.05, 0) is 88.8 Å². The fraction of sp³-hybridized carbons (Fsp3) is 0.0455. The van der Waals surface area contributed by atoms with Gasteiger partial charge in [0.2, 0.25) is 0 Å². The van der Waals surface area contributed by atoms with Gasteiger partial charge in [-0.3, -0.25) is 0 Å². The highest BCUT2D eigenvalue weighted by Crippen LogP contribution is 2.53. The zero-order valence-corrected chi connectivity index (χ0v) is 25.5. The minimum Gasteiger partial charge on any atom is -0.455 e. The standard InChI is InChI=1S/C44H31NO/c1-44(40-21-10-8-17-36(40)37-18-9-11-22-41(37)44)31-25-28-42-39(29-31)38-20-12-19-35(43(38)46-42)30-23-26-34(27-24-30)45(32-13-4-2-5-14-32)33-15-6-3-7-16-33/h2-29H,1H3. The Bertz CT molecular complexity index is 2280. The Morgan fingerprint density at radius 1 is 0.457 bits per heavy atom. The number of hydrogen-bond donors (Lipinski definition) is 0. The van der Waals surface area contributed by atoms with Crippen LogP contribution in [0, 0.1) is 0 Å². The van der Waals surface area contributed by atoms with Gasteiger partial charge in [-0.2, -0.15) is 0 Å². The van der Waals surface area contributed by atoms with Crippen molar-refractivity contribution < 1.29 is 4.42 Å². The topological polar surface area (TPSA) is 16.4 Å². The fourth-order valence-corrected chi connectivity index (χ4v) is 7.49. The lowest BCUT2D eigenvalue weighted by Gasteiger charge is -2.28. The molecule has 1 aromatic heterocycles. The van der Waals surface area contributed by atoms with Gasteiger partial charge in [0.05, 0.1) is 0 Å².